The summed E-state index contributed by atoms with van der Waals surface area (Å²) in [6.45, 7) is 1.52. The lowest BCUT2D eigenvalue weighted by atomic mass is 10.2. The van der Waals surface area contributed by atoms with Gasteiger partial charge in [-0.25, -0.2) is 9.48 Å². The lowest BCUT2D eigenvalue weighted by Gasteiger charge is -2.10. The molecule has 1 aromatic carbocycles. The average molecular weight is 321 g/mol. The maximum absolute atomic E-state index is 11.6. The largest absolute Gasteiger partial charge is 0.496 e. The van der Waals surface area contributed by atoms with E-state index >= 15 is 0 Å². The van der Waals surface area contributed by atoms with Crippen molar-refractivity contribution >= 4 is 11.7 Å². The summed E-state index contributed by atoms with van der Waals surface area (Å²) >= 11 is 0. The fourth-order valence-electron chi connectivity index (χ4n) is 2.08. The van der Waals surface area contributed by atoms with Crippen molar-refractivity contribution in [2.45, 2.75) is 6.92 Å². The third-order valence-corrected chi connectivity index (χ3v) is 3.11. The summed E-state index contributed by atoms with van der Waals surface area (Å²) in [4.78, 5) is 22.2. The molecular weight excluding hydrogens is 306 g/mol. The second-order valence-electron chi connectivity index (χ2n) is 4.58. The van der Waals surface area contributed by atoms with Crippen LogP contribution in [0.3, 0.4) is 0 Å². The minimum atomic E-state index is -0.559. The second-order valence-corrected chi connectivity index (χ2v) is 4.58. The number of hydrogen-bond donors (Lipinski definition) is 0. The second kappa shape index (κ2) is 6.34. The highest BCUT2D eigenvalue weighted by atomic mass is 16.6. The number of carbonyl (C=O) groups excluding carboxylic acids is 1. The minimum Gasteiger partial charge on any atom is -0.496 e. The Balaban J connectivity index is 2.42. The summed E-state index contributed by atoms with van der Waals surface area (Å²) in [5, 5.41) is 15.1. The van der Waals surface area contributed by atoms with Crippen LogP contribution in [0.5, 0.6) is 17.4 Å². The number of nitro groups is 1. The number of aromatic nitrogens is 2. The zero-order chi connectivity index (χ0) is 17.1. The number of ether oxygens (including phenoxy) is 3. The topological polar surface area (TPSA) is 106 Å². The van der Waals surface area contributed by atoms with Gasteiger partial charge in [-0.15, -0.1) is 0 Å². The molecule has 9 nitrogen and oxygen atoms in total. The number of nitrogens with zero attached hydrogens (tertiary/aromatic N) is 3. The van der Waals surface area contributed by atoms with E-state index in [2.05, 4.69) is 9.84 Å². The molecule has 0 atom stereocenters. The van der Waals surface area contributed by atoms with E-state index in [1.54, 1.807) is 0 Å². The van der Waals surface area contributed by atoms with Gasteiger partial charge in [-0.1, -0.05) is 0 Å². The number of benzene rings is 1. The zero-order valence-corrected chi connectivity index (χ0v) is 13.0. The van der Waals surface area contributed by atoms with Crippen molar-refractivity contribution in [3.05, 3.63) is 39.6 Å². The Morgan fingerprint density at radius 1 is 1.35 bits per heavy atom. The fourth-order valence-corrected chi connectivity index (χ4v) is 2.08. The van der Waals surface area contributed by atoms with Crippen molar-refractivity contribution in [1.29, 1.82) is 0 Å². The molecule has 0 spiro atoms. The molecule has 0 unspecified atom stereocenters. The predicted octanol–water partition coefficient (Wildman–Crippen LogP) is 2.22. The maximum atomic E-state index is 11.6. The van der Waals surface area contributed by atoms with Crippen molar-refractivity contribution in [2.24, 2.45) is 7.05 Å². The van der Waals surface area contributed by atoms with Gasteiger partial charge in [0.15, 0.2) is 0 Å². The van der Waals surface area contributed by atoms with Crippen LogP contribution in [0.1, 0.15) is 16.1 Å². The molecule has 0 saturated heterocycles. The Labute approximate surface area is 131 Å². The van der Waals surface area contributed by atoms with Gasteiger partial charge in [-0.3, -0.25) is 10.1 Å². The molecule has 0 bridgehead atoms. The molecule has 0 aliphatic rings. The van der Waals surface area contributed by atoms with Crippen molar-refractivity contribution in [1.82, 2.24) is 9.78 Å². The number of esters is 1. The Kier molecular flexibility index (Phi) is 4.49. The van der Waals surface area contributed by atoms with Gasteiger partial charge in [0.2, 0.25) is 0 Å². The molecule has 0 N–H and O–H groups in total. The van der Waals surface area contributed by atoms with E-state index in [0.717, 1.165) is 0 Å². The molecule has 1 aromatic heterocycles. The van der Waals surface area contributed by atoms with Crippen LogP contribution in [0.2, 0.25) is 0 Å². The summed E-state index contributed by atoms with van der Waals surface area (Å²) in [7, 11) is 4.19. The third kappa shape index (κ3) is 3.07. The van der Waals surface area contributed by atoms with Gasteiger partial charge in [0.05, 0.1) is 19.1 Å². The van der Waals surface area contributed by atoms with Gasteiger partial charge in [0.25, 0.3) is 5.88 Å². The standard InChI is InChI=1S/C14H15N3O6/c1-8-12(17(19)20)13(16(2)15-8)23-9-5-6-10(14(18)22-4)11(7-9)21-3/h5-7H,1-4H3. The van der Waals surface area contributed by atoms with Crippen molar-refractivity contribution in [3.8, 4) is 17.4 Å². The molecule has 122 valence electrons. The highest BCUT2D eigenvalue weighted by Gasteiger charge is 2.26. The van der Waals surface area contributed by atoms with E-state index in [1.165, 1.54) is 51.1 Å². The Hall–Kier alpha value is -3.10. The van der Waals surface area contributed by atoms with Gasteiger partial charge in [-0.2, -0.15) is 5.10 Å². The van der Waals surface area contributed by atoms with Gasteiger partial charge >= 0.3 is 11.7 Å². The maximum Gasteiger partial charge on any atom is 0.353 e. The normalized spacial score (nSPS) is 10.3. The first kappa shape index (κ1) is 16.3. The molecule has 2 rings (SSSR count). The number of methoxy groups -OCH3 is 2. The molecular formula is C14H15N3O6. The van der Waals surface area contributed by atoms with Gasteiger partial charge in [-0.05, 0) is 19.1 Å². The lowest BCUT2D eigenvalue weighted by molar-refractivity contribution is -0.386. The van der Waals surface area contributed by atoms with E-state index in [1.807, 2.05) is 0 Å². The number of carbonyl (C=O) groups is 1. The first-order chi connectivity index (χ1) is 10.9. The van der Waals surface area contributed by atoms with Gasteiger partial charge in [0, 0.05) is 13.1 Å². The Morgan fingerprint density at radius 2 is 2.04 bits per heavy atom. The SMILES string of the molecule is COC(=O)c1ccc(Oc2c([N+](=O)[O-])c(C)nn2C)cc1OC. The van der Waals surface area contributed by atoms with Gasteiger partial charge < -0.3 is 14.2 Å². The lowest BCUT2D eigenvalue weighted by Crippen LogP contribution is -2.04. The summed E-state index contributed by atoms with van der Waals surface area (Å²) < 4.78 is 16.6. The molecule has 23 heavy (non-hydrogen) atoms. The number of rotatable bonds is 5. The Bertz CT molecular complexity index is 768. The van der Waals surface area contributed by atoms with Crippen molar-refractivity contribution in [2.75, 3.05) is 14.2 Å². The molecule has 0 fully saturated rings. The van der Waals surface area contributed by atoms with E-state index in [4.69, 9.17) is 9.47 Å². The van der Waals surface area contributed by atoms with Crippen LogP contribution < -0.4 is 9.47 Å². The summed E-state index contributed by atoms with van der Waals surface area (Å²) in [6.07, 6.45) is 0. The molecule has 9 heteroatoms. The fraction of sp³-hybridized carbons (Fsp3) is 0.286. The van der Waals surface area contributed by atoms with Crippen molar-refractivity contribution in [3.63, 3.8) is 0 Å². The van der Waals surface area contributed by atoms with Crippen molar-refractivity contribution < 1.29 is 23.9 Å². The zero-order valence-electron chi connectivity index (χ0n) is 13.0. The molecule has 0 aliphatic carbocycles. The monoisotopic (exact) mass is 321 g/mol. The van der Waals surface area contributed by atoms with Crippen LogP contribution >= 0.6 is 0 Å². The highest BCUT2D eigenvalue weighted by molar-refractivity contribution is 5.92. The number of hydrogen-bond acceptors (Lipinski definition) is 7. The van der Waals surface area contributed by atoms with Crippen LogP contribution in [-0.2, 0) is 11.8 Å². The van der Waals surface area contributed by atoms with Crippen LogP contribution in [0.25, 0.3) is 0 Å². The third-order valence-electron chi connectivity index (χ3n) is 3.11. The molecule has 0 aliphatic heterocycles. The van der Waals surface area contributed by atoms with Crippen LogP contribution in [0.15, 0.2) is 18.2 Å². The summed E-state index contributed by atoms with van der Waals surface area (Å²) in [5.41, 5.74) is 0.243. The Morgan fingerprint density at radius 3 is 2.61 bits per heavy atom. The smallest absolute Gasteiger partial charge is 0.353 e. The molecule has 2 aromatic rings. The molecule has 0 amide bonds. The summed E-state index contributed by atoms with van der Waals surface area (Å²) in [5.74, 6) is -0.0763. The molecule has 0 saturated carbocycles. The van der Waals surface area contributed by atoms with Crippen LogP contribution in [0.4, 0.5) is 5.69 Å². The van der Waals surface area contributed by atoms with Crippen LogP contribution in [0, 0.1) is 17.0 Å². The van der Waals surface area contributed by atoms with E-state index < -0.39 is 10.9 Å². The van der Waals surface area contributed by atoms with E-state index in [-0.39, 0.29) is 34.3 Å². The first-order valence-electron chi connectivity index (χ1n) is 6.51. The number of aryl methyl sites for hydroxylation is 2. The molecule has 0 radical (unpaired) electrons. The van der Waals surface area contributed by atoms with E-state index in [9.17, 15) is 14.9 Å². The van der Waals surface area contributed by atoms with E-state index in [0.29, 0.717) is 0 Å². The first-order valence-corrected chi connectivity index (χ1v) is 6.51. The quantitative estimate of drug-likeness (QED) is 0.472. The van der Waals surface area contributed by atoms with Crippen LogP contribution in [-0.4, -0.2) is 34.9 Å². The highest BCUT2D eigenvalue weighted by Crippen LogP contribution is 2.35. The summed E-state index contributed by atoms with van der Waals surface area (Å²) in [6, 6.07) is 4.38. The average Bonchev–Trinajstić information content (AvgIpc) is 2.80. The predicted molar refractivity (Wildman–Crippen MR) is 79.0 cm³/mol. The minimum absolute atomic E-state index is 0.0135. The molecule has 1 heterocycles. The van der Waals surface area contributed by atoms with Gasteiger partial charge in [0.1, 0.15) is 22.8 Å².